The van der Waals surface area contributed by atoms with E-state index < -0.39 is 7.04 Å². The number of esters is 1. The Hall–Kier alpha value is -1.21. The number of methoxy groups -OCH3 is 1. The number of rotatable bonds is 5. The van der Waals surface area contributed by atoms with Gasteiger partial charge >= 0.3 is 5.97 Å². The molecule has 3 nitrogen and oxygen atoms in total. The predicted octanol–water partition coefficient (Wildman–Crippen LogP) is 3.82. The molecule has 0 fully saturated rings. The van der Waals surface area contributed by atoms with Gasteiger partial charge in [-0.05, 0) is 30.5 Å². The zero-order valence-electron chi connectivity index (χ0n) is 12.4. The first-order valence-corrected chi connectivity index (χ1v) is 8.57. The van der Waals surface area contributed by atoms with E-state index in [2.05, 4.69) is 32.8 Å². The molecule has 0 radical (unpaired) electrons. The molecular formula is C15H24NO2P. The summed E-state index contributed by atoms with van der Waals surface area (Å²) in [6, 6.07) is 10.0. The summed E-state index contributed by atoms with van der Waals surface area (Å²) in [7, 11) is -0.357. The number of para-hydroxylation sites is 1. The van der Waals surface area contributed by atoms with Gasteiger partial charge in [-0.3, -0.25) is 0 Å². The minimum absolute atomic E-state index is 0.251. The van der Waals surface area contributed by atoms with E-state index in [1.165, 1.54) is 7.11 Å². The van der Waals surface area contributed by atoms with Gasteiger partial charge in [0.05, 0.1) is 7.11 Å². The third-order valence-electron chi connectivity index (χ3n) is 3.33. The fraction of sp³-hybridized carbons (Fsp3) is 0.467. The topological polar surface area (TPSA) is 38.3 Å². The number of benzene rings is 1. The van der Waals surface area contributed by atoms with Crippen molar-refractivity contribution in [2.75, 3.05) is 12.2 Å². The van der Waals surface area contributed by atoms with Crippen molar-refractivity contribution < 1.29 is 9.53 Å². The van der Waals surface area contributed by atoms with Gasteiger partial charge in [-0.1, -0.05) is 45.9 Å². The Balaban J connectivity index is 3.25. The summed E-state index contributed by atoms with van der Waals surface area (Å²) in [4.78, 5) is 11.7. The smallest absolute Gasteiger partial charge is 0.332 e. The molecule has 0 spiro atoms. The molecular weight excluding hydrogens is 257 g/mol. The summed E-state index contributed by atoms with van der Waals surface area (Å²) in [5.41, 5.74) is 1.79. The maximum absolute atomic E-state index is 11.7. The van der Waals surface area contributed by atoms with Crippen LogP contribution in [0.3, 0.4) is 0 Å². The van der Waals surface area contributed by atoms with Gasteiger partial charge in [0.1, 0.15) is 0 Å². The maximum Gasteiger partial charge on any atom is 0.332 e. The Morgan fingerprint density at radius 2 is 1.68 bits per heavy atom. The molecule has 0 saturated carbocycles. The third kappa shape index (κ3) is 3.87. The van der Waals surface area contributed by atoms with Crippen LogP contribution in [0.2, 0.25) is 0 Å². The normalized spacial score (nSPS) is 11.5. The van der Waals surface area contributed by atoms with Gasteiger partial charge in [0.25, 0.3) is 0 Å². The number of carbonyl (C=O) groups excluding carboxylic acids is 1. The van der Waals surface area contributed by atoms with Crippen molar-refractivity contribution in [3.8, 4) is 0 Å². The van der Waals surface area contributed by atoms with Crippen molar-refractivity contribution in [3.05, 3.63) is 30.3 Å². The third-order valence-corrected chi connectivity index (χ3v) is 8.03. The SMILES string of the molecule is COC(=O)C=P(Nc1ccccc1)(C(C)C)C(C)C. The van der Waals surface area contributed by atoms with Gasteiger partial charge in [-0.2, -0.15) is 0 Å². The van der Waals surface area contributed by atoms with E-state index in [1.54, 1.807) is 5.80 Å². The molecule has 0 aliphatic rings. The van der Waals surface area contributed by atoms with E-state index in [9.17, 15) is 4.79 Å². The Bertz CT molecular complexity index is 454. The van der Waals surface area contributed by atoms with Crippen LogP contribution in [-0.4, -0.2) is 30.2 Å². The molecule has 19 heavy (non-hydrogen) atoms. The van der Waals surface area contributed by atoms with Crippen LogP contribution in [0.5, 0.6) is 0 Å². The summed E-state index contributed by atoms with van der Waals surface area (Å²) >= 11 is 0. The van der Waals surface area contributed by atoms with Gasteiger partial charge in [0.15, 0.2) is 0 Å². The second-order valence-electron chi connectivity index (χ2n) is 5.15. The first kappa shape index (κ1) is 15.8. The van der Waals surface area contributed by atoms with E-state index in [-0.39, 0.29) is 5.97 Å². The highest BCUT2D eigenvalue weighted by Gasteiger charge is 2.27. The van der Waals surface area contributed by atoms with Crippen molar-refractivity contribution in [2.24, 2.45) is 0 Å². The number of anilines is 1. The van der Waals surface area contributed by atoms with Crippen LogP contribution in [0.1, 0.15) is 27.7 Å². The summed E-state index contributed by atoms with van der Waals surface area (Å²) in [6.07, 6.45) is 0. The molecule has 0 unspecified atom stereocenters. The molecule has 0 heterocycles. The Morgan fingerprint density at radius 3 is 2.11 bits per heavy atom. The van der Waals surface area contributed by atoms with Crippen LogP contribution in [0, 0.1) is 0 Å². The summed E-state index contributed by atoms with van der Waals surface area (Å²) in [5.74, 6) is 1.52. The number of hydrogen-bond acceptors (Lipinski definition) is 3. The van der Waals surface area contributed by atoms with Crippen LogP contribution >= 0.6 is 7.04 Å². The number of ether oxygens (including phenoxy) is 1. The lowest BCUT2D eigenvalue weighted by molar-refractivity contribution is -0.132. The number of hydrogen-bond donors (Lipinski definition) is 1. The van der Waals surface area contributed by atoms with Crippen molar-refractivity contribution >= 4 is 24.5 Å². The van der Waals surface area contributed by atoms with Crippen LogP contribution < -0.4 is 5.09 Å². The first-order chi connectivity index (χ1) is 8.92. The molecule has 1 aromatic rings. The molecule has 0 aliphatic heterocycles. The van der Waals surface area contributed by atoms with E-state index in [4.69, 9.17) is 4.74 Å². The Kier molecular flexibility index (Phi) is 5.68. The molecule has 1 aromatic carbocycles. The Labute approximate surface area is 116 Å². The predicted molar refractivity (Wildman–Crippen MR) is 85.3 cm³/mol. The molecule has 0 saturated heterocycles. The van der Waals surface area contributed by atoms with Crippen LogP contribution in [0.25, 0.3) is 0 Å². The molecule has 0 bridgehead atoms. The fourth-order valence-corrected chi connectivity index (χ4v) is 5.57. The fourth-order valence-electron chi connectivity index (χ4n) is 2.15. The molecule has 1 rings (SSSR count). The molecule has 4 heteroatoms. The van der Waals surface area contributed by atoms with E-state index in [0.29, 0.717) is 11.3 Å². The van der Waals surface area contributed by atoms with Crippen molar-refractivity contribution in [2.45, 2.75) is 39.0 Å². The van der Waals surface area contributed by atoms with Gasteiger partial charge in [0, 0.05) is 11.5 Å². The summed E-state index contributed by atoms with van der Waals surface area (Å²) < 4.78 is 4.84. The van der Waals surface area contributed by atoms with Gasteiger partial charge in [-0.15, -0.1) is 0 Å². The minimum Gasteiger partial charge on any atom is -0.466 e. The van der Waals surface area contributed by atoms with Crippen LogP contribution in [0.15, 0.2) is 30.3 Å². The number of carbonyl (C=O) groups is 1. The molecule has 1 N–H and O–H groups in total. The largest absolute Gasteiger partial charge is 0.466 e. The lowest BCUT2D eigenvalue weighted by atomic mass is 10.3. The van der Waals surface area contributed by atoms with E-state index >= 15 is 0 Å². The van der Waals surface area contributed by atoms with E-state index in [1.807, 2.05) is 30.3 Å². The van der Waals surface area contributed by atoms with E-state index in [0.717, 1.165) is 5.69 Å². The van der Waals surface area contributed by atoms with Crippen molar-refractivity contribution in [3.63, 3.8) is 0 Å². The second kappa shape index (κ2) is 6.81. The average molecular weight is 281 g/mol. The molecule has 0 aliphatic carbocycles. The Morgan fingerprint density at radius 1 is 1.16 bits per heavy atom. The van der Waals surface area contributed by atoms with Crippen LogP contribution in [0.4, 0.5) is 5.69 Å². The monoisotopic (exact) mass is 281 g/mol. The quantitative estimate of drug-likeness (QED) is 0.658. The minimum atomic E-state index is -1.78. The highest BCUT2D eigenvalue weighted by molar-refractivity contribution is 7.78. The van der Waals surface area contributed by atoms with Crippen molar-refractivity contribution in [1.29, 1.82) is 0 Å². The van der Waals surface area contributed by atoms with Crippen molar-refractivity contribution in [1.82, 2.24) is 0 Å². The molecule has 106 valence electrons. The summed E-state index contributed by atoms with van der Waals surface area (Å²) in [6.45, 7) is 8.62. The zero-order chi connectivity index (χ0) is 14.5. The van der Waals surface area contributed by atoms with Crippen LogP contribution in [-0.2, 0) is 9.53 Å². The average Bonchev–Trinajstić information content (AvgIpc) is 2.38. The maximum atomic E-state index is 11.7. The zero-order valence-corrected chi connectivity index (χ0v) is 13.3. The highest BCUT2D eigenvalue weighted by Crippen LogP contribution is 2.55. The van der Waals surface area contributed by atoms with Gasteiger partial charge < -0.3 is 9.82 Å². The summed E-state index contributed by atoms with van der Waals surface area (Å²) in [5, 5.41) is 3.61. The standard InChI is InChI=1S/C15H24NO2P/c1-12(2)19(13(3)4,11-15(17)18-5)16-14-9-7-6-8-10-14/h6-13,16H,1-5H3. The molecule has 0 aromatic heterocycles. The highest BCUT2D eigenvalue weighted by atomic mass is 31.2. The molecule has 0 atom stereocenters. The molecule has 0 amide bonds. The van der Waals surface area contributed by atoms with Gasteiger partial charge in [0.2, 0.25) is 0 Å². The number of nitrogens with one attached hydrogen (secondary N) is 1. The van der Waals surface area contributed by atoms with Gasteiger partial charge in [-0.25, -0.2) is 4.79 Å². The lowest BCUT2D eigenvalue weighted by Crippen LogP contribution is -2.21. The lowest BCUT2D eigenvalue weighted by Gasteiger charge is -2.35. The second-order valence-corrected chi connectivity index (χ2v) is 9.37. The first-order valence-electron chi connectivity index (χ1n) is 6.57.